The predicted octanol–water partition coefficient (Wildman–Crippen LogP) is 6.57. The number of carbonyl (C=O) groups is 1. The number of benzene rings is 2. The Bertz CT molecular complexity index is 1600. The van der Waals surface area contributed by atoms with Gasteiger partial charge in [-0.15, -0.1) is 0 Å². The van der Waals surface area contributed by atoms with Crippen LogP contribution in [0.1, 0.15) is 42.4 Å². The highest BCUT2D eigenvalue weighted by Gasteiger charge is 2.34. The number of aryl methyl sites for hydroxylation is 1. The Hall–Kier alpha value is -3.75. The number of fused-ring (bicyclic) bond motifs is 3. The minimum atomic E-state index is -0.416. The molecule has 2 aromatic heterocycles. The topological polar surface area (TPSA) is 95.5 Å². The summed E-state index contributed by atoms with van der Waals surface area (Å²) in [6.07, 6.45) is 1.71. The summed E-state index contributed by atoms with van der Waals surface area (Å²) in [6.45, 7) is 7.97. The zero-order chi connectivity index (χ0) is 28.2. The van der Waals surface area contributed by atoms with E-state index in [4.69, 9.17) is 43.5 Å². The van der Waals surface area contributed by atoms with Gasteiger partial charge in [0.2, 0.25) is 0 Å². The summed E-state index contributed by atoms with van der Waals surface area (Å²) in [5.41, 5.74) is 11.1. The van der Waals surface area contributed by atoms with Crippen LogP contribution < -0.4 is 15.2 Å². The zero-order valence-corrected chi connectivity index (χ0v) is 24.1. The van der Waals surface area contributed by atoms with Crippen molar-refractivity contribution in [3.8, 4) is 39.6 Å². The molecule has 0 aliphatic carbocycles. The van der Waals surface area contributed by atoms with Gasteiger partial charge in [-0.1, -0.05) is 23.2 Å². The largest absolute Gasteiger partial charge is 0.496 e. The highest BCUT2D eigenvalue weighted by atomic mass is 35.5. The van der Waals surface area contributed by atoms with Crippen molar-refractivity contribution in [3.05, 3.63) is 69.5 Å². The van der Waals surface area contributed by atoms with Crippen LogP contribution in [-0.4, -0.2) is 45.3 Å². The van der Waals surface area contributed by atoms with Crippen LogP contribution in [0.2, 0.25) is 10.0 Å². The second-order valence-corrected chi connectivity index (χ2v) is 11.4. The fraction of sp³-hybridized carbons (Fsp3) is 0.276. The maximum atomic E-state index is 13.7. The Morgan fingerprint density at radius 1 is 1.10 bits per heavy atom. The minimum Gasteiger partial charge on any atom is -0.496 e. The van der Waals surface area contributed by atoms with Gasteiger partial charge in [0.15, 0.2) is 5.69 Å². The maximum Gasteiger partial charge on any atom is 0.274 e. The van der Waals surface area contributed by atoms with E-state index in [2.05, 4.69) is 4.98 Å². The summed E-state index contributed by atoms with van der Waals surface area (Å²) in [4.78, 5) is 19.7. The molecule has 39 heavy (non-hydrogen) atoms. The molecule has 0 spiro atoms. The fourth-order valence-corrected chi connectivity index (χ4v) is 5.00. The molecule has 8 nitrogen and oxygen atoms in total. The average Bonchev–Trinajstić information content (AvgIpc) is 3.27. The number of carbonyl (C=O) groups excluding carboxylic acids is 1. The van der Waals surface area contributed by atoms with Crippen molar-refractivity contribution >= 4 is 34.9 Å². The molecule has 3 heterocycles. The summed E-state index contributed by atoms with van der Waals surface area (Å²) >= 11 is 12.8. The van der Waals surface area contributed by atoms with Gasteiger partial charge in [0, 0.05) is 57.1 Å². The Kier molecular flexibility index (Phi) is 6.73. The van der Waals surface area contributed by atoms with Crippen molar-refractivity contribution in [3.63, 3.8) is 0 Å². The van der Waals surface area contributed by atoms with E-state index < -0.39 is 5.54 Å². The lowest BCUT2D eigenvalue weighted by Crippen LogP contribution is -2.43. The Balaban J connectivity index is 1.79. The van der Waals surface area contributed by atoms with E-state index in [9.17, 15) is 4.79 Å². The summed E-state index contributed by atoms with van der Waals surface area (Å²) in [7, 11) is 3.37. The van der Waals surface area contributed by atoms with Crippen LogP contribution in [0, 0.1) is 6.92 Å². The number of aromatic nitrogens is 3. The molecule has 5 rings (SSSR count). The third kappa shape index (κ3) is 4.79. The summed E-state index contributed by atoms with van der Waals surface area (Å²) in [5.74, 6) is 1.46. The first-order valence-corrected chi connectivity index (χ1v) is 13.1. The molecule has 0 radical (unpaired) electrons. The number of nitrogens with two attached hydrogens (primary N) is 1. The van der Waals surface area contributed by atoms with E-state index in [0.717, 1.165) is 22.3 Å². The molecule has 1 amide bonds. The monoisotopic (exact) mass is 565 g/mol. The number of ether oxygens (including phenoxy) is 2. The standard InChI is InChI=1S/C29H29Cl2N5O3/c1-15-7-16(13-33-27(15)32)20-11-21-24(12-23(20)38-6)39-14-22-25(28(37)35(5)29(2,3)4)34-36(26(21)22)19-9-17(30)8-18(31)10-19/h7-13H,14H2,1-6H3,(H2,32,33). The quantitative estimate of drug-likeness (QED) is 0.300. The van der Waals surface area contributed by atoms with Crippen LogP contribution in [-0.2, 0) is 6.61 Å². The van der Waals surface area contributed by atoms with Crippen molar-refractivity contribution in [1.29, 1.82) is 0 Å². The summed E-state index contributed by atoms with van der Waals surface area (Å²) in [6, 6.07) is 10.9. The van der Waals surface area contributed by atoms with E-state index in [1.54, 1.807) is 48.1 Å². The summed E-state index contributed by atoms with van der Waals surface area (Å²) in [5, 5.41) is 5.72. The van der Waals surface area contributed by atoms with Crippen LogP contribution in [0.3, 0.4) is 0 Å². The van der Waals surface area contributed by atoms with Crippen molar-refractivity contribution in [2.75, 3.05) is 19.9 Å². The van der Waals surface area contributed by atoms with Crippen LogP contribution >= 0.6 is 23.2 Å². The Morgan fingerprint density at radius 3 is 2.41 bits per heavy atom. The molecule has 0 saturated carbocycles. The van der Waals surface area contributed by atoms with Crippen molar-refractivity contribution in [1.82, 2.24) is 19.7 Å². The average molecular weight is 566 g/mol. The number of rotatable bonds is 4. The van der Waals surface area contributed by atoms with Gasteiger partial charge < -0.3 is 20.1 Å². The molecule has 2 aromatic carbocycles. The predicted molar refractivity (Wildman–Crippen MR) is 154 cm³/mol. The number of methoxy groups -OCH3 is 1. The molecule has 2 N–H and O–H groups in total. The molecule has 202 valence electrons. The van der Waals surface area contributed by atoms with Gasteiger partial charge in [0.1, 0.15) is 23.9 Å². The maximum absolute atomic E-state index is 13.7. The van der Waals surface area contributed by atoms with Gasteiger partial charge in [0.05, 0.1) is 18.5 Å². The lowest BCUT2D eigenvalue weighted by atomic mass is 9.95. The number of amides is 1. The van der Waals surface area contributed by atoms with Crippen molar-refractivity contribution in [2.24, 2.45) is 0 Å². The number of pyridine rings is 1. The van der Waals surface area contributed by atoms with E-state index >= 15 is 0 Å². The molecule has 1 aliphatic heterocycles. The van der Waals surface area contributed by atoms with Crippen LogP contribution in [0.5, 0.6) is 11.5 Å². The Labute approximate surface area is 237 Å². The van der Waals surface area contributed by atoms with Crippen molar-refractivity contribution < 1.29 is 14.3 Å². The first-order chi connectivity index (χ1) is 18.4. The van der Waals surface area contributed by atoms with Gasteiger partial charge in [-0.3, -0.25) is 4.79 Å². The van der Waals surface area contributed by atoms with Crippen LogP contribution in [0.4, 0.5) is 5.82 Å². The molecule has 4 aromatic rings. The van der Waals surface area contributed by atoms with Crippen LogP contribution in [0.25, 0.3) is 28.1 Å². The van der Waals surface area contributed by atoms with Crippen molar-refractivity contribution in [2.45, 2.75) is 39.8 Å². The van der Waals surface area contributed by atoms with Gasteiger partial charge in [-0.25, -0.2) is 9.67 Å². The van der Waals surface area contributed by atoms with Gasteiger partial charge in [-0.2, -0.15) is 5.10 Å². The van der Waals surface area contributed by atoms with E-state index in [1.807, 2.05) is 45.9 Å². The molecule has 0 saturated heterocycles. The molecular formula is C29H29Cl2N5O3. The zero-order valence-electron chi connectivity index (χ0n) is 22.6. The lowest BCUT2D eigenvalue weighted by Gasteiger charge is -2.31. The lowest BCUT2D eigenvalue weighted by molar-refractivity contribution is 0.0646. The van der Waals surface area contributed by atoms with E-state index in [1.165, 1.54) is 0 Å². The fourth-order valence-electron chi connectivity index (χ4n) is 4.49. The number of nitrogen functional groups attached to an aromatic ring is 1. The molecular weight excluding hydrogens is 537 g/mol. The second-order valence-electron chi connectivity index (χ2n) is 10.5. The summed E-state index contributed by atoms with van der Waals surface area (Å²) < 4.78 is 13.6. The number of anilines is 1. The number of hydrogen-bond donors (Lipinski definition) is 1. The highest BCUT2D eigenvalue weighted by molar-refractivity contribution is 6.34. The Morgan fingerprint density at radius 2 is 1.79 bits per heavy atom. The number of hydrogen-bond acceptors (Lipinski definition) is 6. The van der Waals surface area contributed by atoms with Gasteiger partial charge in [-0.05, 0) is 63.6 Å². The molecule has 0 fully saturated rings. The van der Waals surface area contributed by atoms with Gasteiger partial charge >= 0.3 is 0 Å². The van der Waals surface area contributed by atoms with Crippen LogP contribution in [0.15, 0.2) is 42.6 Å². The van der Waals surface area contributed by atoms with Gasteiger partial charge in [0.25, 0.3) is 5.91 Å². The van der Waals surface area contributed by atoms with E-state index in [-0.39, 0.29) is 12.5 Å². The number of halogens is 2. The molecule has 10 heteroatoms. The molecule has 0 atom stereocenters. The molecule has 0 bridgehead atoms. The third-order valence-corrected chi connectivity index (χ3v) is 7.38. The van der Waals surface area contributed by atoms with E-state index in [0.29, 0.717) is 50.0 Å². The smallest absolute Gasteiger partial charge is 0.274 e. The second kappa shape index (κ2) is 9.77. The SMILES string of the molecule is COc1cc2c(cc1-c1cnc(N)c(C)c1)-c1c(c(C(=O)N(C)C(C)(C)C)nn1-c1cc(Cl)cc(Cl)c1)CO2. The molecule has 0 unspecified atom stereocenters. The first kappa shape index (κ1) is 26.8. The first-order valence-electron chi connectivity index (χ1n) is 12.3. The highest BCUT2D eigenvalue weighted by Crippen LogP contribution is 2.46. The molecule has 1 aliphatic rings. The third-order valence-electron chi connectivity index (χ3n) is 6.95. The normalized spacial score (nSPS) is 12.4. The minimum absolute atomic E-state index is 0.153. The number of nitrogens with zero attached hydrogens (tertiary/aromatic N) is 4.